The van der Waals surface area contributed by atoms with E-state index in [2.05, 4.69) is 17.5 Å². The van der Waals surface area contributed by atoms with Gasteiger partial charge in [-0.3, -0.25) is 4.79 Å². The number of benzene rings is 2. The molecule has 0 saturated heterocycles. The molecular formula is C19H22N2O3. The van der Waals surface area contributed by atoms with Crippen LogP contribution < -0.4 is 14.9 Å². The summed E-state index contributed by atoms with van der Waals surface area (Å²) in [5.74, 6) is 1.18. The Morgan fingerprint density at radius 3 is 2.67 bits per heavy atom. The SMILES string of the molecule is CCCCOc1ccc(/C=N/NC(=O)c2cccc(OC)c2)cc1. The lowest BCUT2D eigenvalue weighted by Crippen LogP contribution is -2.17. The lowest BCUT2D eigenvalue weighted by atomic mass is 10.2. The summed E-state index contributed by atoms with van der Waals surface area (Å²) in [5, 5.41) is 3.97. The largest absolute Gasteiger partial charge is 0.497 e. The minimum Gasteiger partial charge on any atom is -0.497 e. The highest BCUT2D eigenvalue weighted by Crippen LogP contribution is 2.13. The van der Waals surface area contributed by atoms with Crippen LogP contribution in [0.5, 0.6) is 11.5 Å². The van der Waals surface area contributed by atoms with Crippen molar-refractivity contribution in [3.8, 4) is 11.5 Å². The average molecular weight is 326 g/mol. The number of methoxy groups -OCH3 is 1. The second-order valence-corrected chi connectivity index (χ2v) is 5.20. The minimum atomic E-state index is -0.287. The van der Waals surface area contributed by atoms with E-state index < -0.39 is 0 Å². The molecule has 0 spiro atoms. The highest BCUT2D eigenvalue weighted by molar-refractivity contribution is 5.95. The van der Waals surface area contributed by atoms with Gasteiger partial charge in [0.25, 0.3) is 5.91 Å². The van der Waals surface area contributed by atoms with E-state index in [0.29, 0.717) is 11.3 Å². The van der Waals surface area contributed by atoms with Crippen molar-refractivity contribution in [3.63, 3.8) is 0 Å². The Kier molecular flexibility index (Phi) is 6.83. The number of nitrogens with one attached hydrogen (secondary N) is 1. The number of hydrazone groups is 1. The van der Waals surface area contributed by atoms with Crippen molar-refractivity contribution in [2.24, 2.45) is 5.10 Å². The quantitative estimate of drug-likeness (QED) is 0.458. The predicted molar refractivity (Wildman–Crippen MR) is 94.9 cm³/mol. The molecule has 0 aromatic heterocycles. The summed E-state index contributed by atoms with van der Waals surface area (Å²) < 4.78 is 10.7. The summed E-state index contributed by atoms with van der Waals surface area (Å²) >= 11 is 0. The van der Waals surface area contributed by atoms with Crippen molar-refractivity contribution in [1.29, 1.82) is 0 Å². The number of ether oxygens (including phenoxy) is 2. The van der Waals surface area contributed by atoms with Crippen LogP contribution in [0.4, 0.5) is 0 Å². The van der Waals surface area contributed by atoms with Gasteiger partial charge >= 0.3 is 0 Å². The van der Waals surface area contributed by atoms with Gasteiger partial charge < -0.3 is 9.47 Å². The Labute approximate surface area is 142 Å². The van der Waals surface area contributed by atoms with Gasteiger partial charge in [-0.25, -0.2) is 5.43 Å². The molecule has 0 fully saturated rings. The van der Waals surface area contributed by atoms with Crippen LogP contribution in [-0.2, 0) is 0 Å². The highest BCUT2D eigenvalue weighted by Gasteiger charge is 2.04. The molecule has 24 heavy (non-hydrogen) atoms. The first-order chi connectivity index (χ1) is 11.7. The Morgan fingerprint density at radius 2 is 1.96 bits per heavy atom. The lowest BCUT2D eigenvalue weighted by molar-refractivity contribution is 0.0955. The lowest BCUT2D eigenvalue weighted by Gasteiger charge is -2.05. The second kappa shape index (κ2) is 9.35. The fraction of sp³-hybridized carbons (Fsp3) is 0.263. The molecule has 5 heteroatoms. The number of hydrogen-bond acceptors (Lipinski definition) is 4. The summed E-state index contributed by atoms with van der Waals surface area (Å²) in [6.07, 6.45) is 3.74. The standard InChI is InChI=1S/C19H22N2O3/c1-3-4-12-24-17-10-8-15(9-11-17)14-20-21-19(22)16-6-5-7-18(13-16)23-2/h5-11,13-14H,3-4,12H2,1-2H3,(H,21,22)/b20-14+. The fourth-order valence-corrected chi connectivity index (χ4v) is 1.98. The van der Waals surface area contributed by atoms with Crippen molar-refractivity contribution in [3.05, 3.63) is 59.7 Å². The van der Waals surface area contributed by atoms with Crippen LogP contribution in [-0.4, -0.2) is 25.8 Å². The van der Waals surface area contributed by atoms with Gasteiger partial charge in [0.1, 0.15) is 11.5 Å². The van der Waals surface area contributed by atoms with Gasteiger partial charge in [-0.1, -0.05) is 19.4 Å². The summed E-state index contributed by atoms with van der Waals surface area (Å²) in [6, 6.07) is 14.5. The Morgan fingerprint density at radius 1 is 1.17 bits per heavy atom. The van der Waals surface area contributed by atoms with Crippen LogP contribution >= 0.6 is 0 Å². The average Bonchev–Trinajstić information content (AvgIpc) is 2.63. The molecular weight excluding hydrogens is 304 g/mol. The molecule has 2 aromatic rings. The second-order valence-electron chi connectivity index (χ2n) is 5.20. The molecule has 1 amide bonds. The van der Waals surface area contributed by atoms with Crippen molar-refractivity contribution in [1.82, 2.24) is 5.43 Å². The third-order valence-electron chi connectivity index (χ3n) is 3.36. The van der Waals surface area contributed by atoms with Crippen molar-refractivity contribution in [2.45, 2.75) is 19.8 Å². The number of nitrogens with zero attached hydrogens (tertiary/aromatic N) is 1. The Balaban J connectivity index is 1.87. The first kappa shape index (κ1) is 17.5. The van der Waals surface area contributed by atoms with E-state index in [1.54, 1.807) is 37.6 Å². The smallest absolute Gasteiger partial charge is 0.271 e. The minimum absolute atomic E-state index is 0.287. The summed E-state index contributed by atoms with van der Waals surface area (Å²) in [5.41, 5.74) is 3.87. The molecule has 0 aliphatic rings. The van der Waals surface area contributed by atoms with E-state index in [-0.39, 0.29) is 5.91 Å². The fourth-order valence-electron chi connectivity index (χ4n) is 1.98. The van der Waals surface area contributed by atoms with Gasteiger partial charge in [-0.15, -0.1) is 0 Å². The third kappa shape index (κ3) is 5.43. The van der Waals surface area contributed by atoms with E-state index >= 15 is 0 Å². The summed E-state index contributed by atoms with van der Waals surface area (Å²) in [4.78, 5) is 12.0. The van der Waals surface area contributed by atoms with Gasteiger partial charge in [-0.2, -0.15) is 5.10 Å². The molecule has 0 aliphatic heterocycles. The molecule has 0 radical (unpaired) electrons. The monoisotopic (exact) mass is 326 g/mol. The van der Waals surface area contributed by atoms with E-state index in [0.717, 1.165) is 30.8 Å². The zero-order valence-electron chi connectivity index (χ0n) is 14.0. The molecule has 5 nitrogen and oxygen atoms in total. The van der Waals surface area contributed by atoms with Crippen LogP contribution in [0, 0.1) is 0 Å². The van der Waals surface area contributed by atoms with E-state index in [1.807, 2.05) is 24.3 Å². The van der Waals surface area contributed by atoms with E-state index in [4.69, 9.17) is 9.47 Å². The molecule has 1 N–H and O–H groups in total. The molecule has 2 aromatic carbocycles. The number of rotatable bonds is 8. The van der Waals surface area contributed by atoms with Crippen LogP contribution in [0.3, 0.4) is 0 Å². The normalized spacial score (nSPS) is 10.6. The first-order valence-electron chi connectivity index (χ1n) is 7.93. The number of carbonyl (C=O) groups is 1. The number of hydrogen-bond donors (Lipinski definition) is 1. The van der Waals surface area contributed by atoms with Crippen LogP contribution in [0.25, 0.3) is 0 Å². The van der Waals surface area contributed by atoms with Gasteiger partial charge in [0.15, 0.2) is 0 Å². The van der Waals surface area contributed by atoms with Crippen LogP contribution in [0.1, 0.15) is 35.7 Å². The van der Waals surface area contributed by atoms with Gasteiger partial charge in [0.2, 0.25) is 0 Å². The zero-order chi connectivity index (χ0) is 17.2. The topological polar surface area (TPSA) is 59.9 Å². The van der Waals surface area contributed by atoms with Crippen molar-refractivity contribution < 1.29 is 14.3 Å². The number of amides is 1. The predicted octanol–water partition coefficient (Wildman–Crippen LogP) is 3.64. The molecule has 0 unspecified atom stereocenters. The maximum atomic E-state index is 12.0. The number of unbranched alkanes of at least 4 members (excludes halogenated alkanes) is 1. The molecule has 2 rings (SSSR count). The van der Waals surface area contributed by atoms with Crippen LogP contribution in [0.2, 0.25) is 0 Å². The summed E-state index contributed by atoms with van der Waals surface area (Å²) in [7, 11) is 1.56. The van der Waals surface area contributed by atoms with Gasteiger partial charge in [0, 0.05) is 5.56 Å². The maximum absolute atomic E-state index is 12.0. The Hall–Kier alpha value is -2.82. The Bertz CT molecular complexity index is 681. The van der Waals surface area contributed by atoms with Crippen molar-refractivity contribution in [2.75, 3.05) is 13.7 Å². The molecule has 0 bridgehead atoms. The first-order valence-corrected chi connectivity index (χ1v) is 7.93. The third-order valence-corrected chi connectivity index (χ3v) is 3.36. The maximum Gasteiger partial charge on any atom is 0.271 e. The molecule has 0 saturated carbocycles. The zero-order valence-corrected chi connectivity index (χ0v) is 14.0. The molecule has 0 aliphatic carbocycles. The number of carbonyl (C=O) groups excluding carboxylic acids is 1. The van der Waals surface area contributed by atoms with E-state index in [9.17, 15) is 4.79 Å². The molecule has 0 heterocycles. The van der Waals surface area contributed by atoms with Crippen LogP contribution in [0.15, 0.2) is 53.6 Å². The summed E-state index contributed by atoms with van der Waals surface area (Å²) in [6.45, 7) is 2.85. The van der Waals surface area contributed by atoms with Crippen molar-refractivity contribution >= 4 is 12.1 Å². The van der Waals surface area contributed by atoms with E-state index in [1.165, 1.54) is 0 Å². The van der Waals surface area contributed by atoms with Gasteiger partial charge in [0.05, 0.1) is 19.9 Å². The highest BCUT2D eigenvalue weighted by atomic mass is 16.5. The molecule has 0 atom stereocenters. The van der Waals surface area contributed by atoms with Gasteiger partial charge in [-0.05, 0) is 54.4 Å². The molecule has 126 valence electrons.